The van der Waals surface area contributed by atoms with Crippen LogP contribution in [-0.2, 0) is 26.2 Å². The smallest absolute Gasteiger partial charge is 1.00 e. The van der Waals surface area contributed by atoms with Crippen molar-refractivity contribution in [2.24, 2.45) is 0 Å². The summed E-state index contributed by atoms with van der Waals surface area (Å²) >= 11 is 0. The van der Waals surface area contributed by atoms with Gasteiger partial charge >= 0.3 is 26.2 Å². The summed E-state index contributed by atoms with van der Waals surface area (Å²) in [6.45, 7) is 3.72. The molecule has 0 aliphatic heterocycles. The molecular weight excluding hydrogens is 295 g/mol. The fourth-order valence-corrected chi connectivity index (χ4v) is 1.16. The van der Waals surface area contributed by atoms with Crippen LogP contribution in [0.4, 0.5) is 0 Å². The summed E-state index contributed by atoms with van der Waals surface area (Å²) in [4.78, 5) is 0. The monoisotopic (exact) mass is 312 g/mol. The molecule has 0 saturated carbocycles. The third kappa shape index (κ3) is 10.1. The van der Waals surface area contributed by atoms with Crippen LogP contribution < -0.4 is 0 Å². The molecule has 1 aromatic rings. The second-order valence-electron chi connectivity index (χ2n) is 3.49. The van der Waals surface area contributed by atoms with Crippen molar-refractivity contribution in [2.75, 3.05) is 0 Å². The van der Waals surface area contributed by atoms with E-state index in [9.17, 15) is 0 Å². The number of hydrogen-bond donors (Lipinski definition) is 0. The van der Waals surface area contributed by atoms with E-state index in [2.05, 4.69) is 31.2 Å². The Balaban J connectivity index is 0. The van der Waals surface area contributed by atoms with Gasteiger partial charge in [0, 0.05) is 0 Å². The molecule has 0 nitrogen and oxygen atoms in total. The molecule has 90 valence electrons. The van der Waals surface area contributed by atoms with Crippen molar-refractivity contribution in [1.82, 2.24) is 0 Å². The Kier molecular flexibility index (Phi) is 11.7. The average Bonchev–Trinajstić information content (AvgIpc) is 3.09. The summed E-state index contributed by atoms with van der Waals surface area (Å²) in [7, 11) is 0. The molecule has 0 radical (unpaired) electrons. The number of allylic oxidation sites excluding steroid dienone is 8. The van der Waals surface area contributed by atoms with Crippen LogP contribution in [0.2, 0.25) is 0 Å². The Hall–Kier alpha value is -1.07. The summed E-state index contributed by atoms with van der Waals surface area (Å²) in [6, 6.07) is 9.87. The molecule has 0 fully saturated rings. The van der Waals surface area contributed by atoms with Gasteiger partial charge in [-0.3, -0.25) is 12.2 Å². The predicted molar refractivity (Wildman–Crippen MR) is 75.2 cm³/mol. The Labute approximate surface area is 131 Å². The van der Waals surface area contributed by atoms with Crippen molar-refractivity contribution >= 4 is 0 Å². The van der Waals surface area contributed by atoms with Gasteiger partial charge in [0.05, 0.1) is 0 Å². The Bertz CT molecular complexity index is 361. The maximum Gasteiger partial charge on any atom is 4.00 e. The van der Waals surface area contributed by atoms with Crippen molar-refractivity contribution in [2.45, 2.75) is 12.8 Å². The van der Waals surface area contributed by atoms with Crippen LogP contribution in [0.15, 0.2) is 66.8 Å². The van der Waals surface area contributed by atoms with E-state index in [0.717, 1.165) is 18.4 Å². The summed E-state index contributed by atoms with van der Waals surface area (Å²) in [5.74, 6) is 0. The zero-order valence-corrected chi connectivity index (χ0v) is 12.9. The van der Waals surface area contributed by atoms with Crippen LogP contribution in [0.1, 0.15) is 19.8 Å². The molecule has 1 aromatic carbocycles. The molecule has 0 heterocycles. The van der Waals surface area contributed by atoms with E-state index in [1.165, 1.54) is 0 Å². The minimum absolute atomic E-state index is 0. The average molecular weight is 314 g/mol. The zero-order chi connectivity index (χ0) is 12.2. The first kappa shape index (κ1) is 16.9. The van der Waals surface area contributed by atoms with Gasteiger partial charge < -0.3 is 1.43 Å². The summed E-state index contributed by atoms with van der Waals surface area (Å²) in [5.41, 5.74) is 1.07. The molecule has 0 aromatic heterocycles. The van der Waals surface area contributed by atoms with E-state index in [1.54, 1.807) is 0 Å². The Morgan fingerprint density at radius 3 is 1.56 bits per heavy atom. The number of benzene rings is 1. The van der Waals surface area contributed by atoms with Gasteiger partial charge in [-0.1, -0.05) is 6.07 Å². The maximum absolute atomic E-state index is 3.72. The standard InChI is InChI=1S/C7H7.2C5H5.Zr.H/c1-7-5-3-2-4-6-7;2*1-2-4-5-3-1;;/h2-6H,1H2;2*1-3H,4H2;;/q3*-1;+4;-1. The molecule has 0 saturated heterocycles. The van der Waals surface area contributed by atoms with Crippen LogP contribution in [0.3, 0.4) is 0 Å². The van der Waals surface area contributed by atoms with Gasteiger partial charge in [0.2, 0.25) is 0 Å². The molecule has 1 heteroatoms. The predicted octanol–water partition coefficient (Wildman–Crippen LogP) is 4.59. The fraction of sp³-hybridized carbons (Fsp3) is 0.118. The topological polar surface area (TPSA) is 0 Å². The molecule has 0 amide bonds. The molecule has 0 spiro atoms. The molecule has 2 aliphatic rings. The summed E-state index contributed by atoms with van der Waals surface area (Å²) in [6.07, 6.45) is 20.0. The first-order chi connectivity index (χ1) is 8.39. The quantitative estimate of drug-likeness (QED) is 0.615. The third-order valence-electron chi connectivity index (χ3n) is 2.01. The minimum Gasteiger partial charge on any atom is -1.00 e. The summed E-state index contributed by atoms with van der Waals surface area (Å²) in [5, 5.41) is 0. The van der Waals surface area contributed by atoms with Gasteiger partial charge in [-0.25, -0.2) is 24.3 Å². The molecule has 0 bridgehead atoms. The van der Waals surface area contributed by atoms with Crippen molar-refractivity contribution < 1.29 is 27.6 Å². The van der Waals surface area contributed by atoms with Gasteiger partial charge in [0.25, 0.3) is 0 Å². The first-order valence-corrected chi connectivity index (χ1v) is 5.70. The summed E-state index contributed by atoms with van der Waals surface area (Å²) < 4.78 is 0. The van der Waals surface area contributed by atoms with Gasteiger partial charge in [0.1, 0.15) is 0 Å². The Morgan fingerprint density at radius 1 is 0.889 bits per heavy atom. The molecule has 0 N–H and O–H groups in total. The first-order valence-electron chi connectivity index (χ1n) is 5.70. The van der Waals surface area contributed by atoms with Crippen LogP contribution in [0.25, 0.3) is 0 Å². The second-order valence-corrected chi connectivity index (χ2v) is 3.49. The van der Waals surface area contributed by atoms with Crippen LogP contribution in [0.5, 0.6) is 0 Å². The van der Waals surface area contributed by atoms with Crippen molar-refractivity contribution in [3.05, 3.63) is 91.4 Å². The van der Waals surface area contributed by atoms with Gasteiger partial charge in [-0.05, 0) is 0 Å². The van der Waals surface area contributed by atoms with Crippen LogP contribution >= 0.6 is 0 Å². The fourth-order valence-electron chi connectivity index (χ4n) is 1.16. The number of hydrogen-bond acceptors (Lipinski definition) is 0. The zero-order valence-electron chi connectivity index (χ0n) is 11.5. The van der Waals surface area contributed by atoms with E-state index in [4.69, 9.17) is 0 Å². The van der Waals surface area contributed by atoms with Crippen molar-refractivity contribution in [3.8, 4) is 0 Å². The molecule has 3 rings (SSSR count). The van der Waals surface area contributed by atoms with Gasteiger partial charge in [-0.15, -0.1) is 25.0 Å². The SMILES string of the molecule is [C-]1=CC=CC1.[C-]1=CC=CC1.[CH2-]c1ccccc1.[H-].[Zr+4]. The normalized spacial score (nSPS) is 13.1. The van der Waals surface area contributed by atoms with E-state index >= 15 is 0 Å². The van der Waals surface area contributed by atoms with Crippen molar-refractivity contribution in [3.63, 3.8) is 0 Å². The van der Waals surface area contributed by atoms with Gasteiger partial charge in [-0.2, -0.15) is 36.8 Å². The van der Waals surface area contributed by atoms with Crippen molar-refractivity contribution in [1.29, 1.82) is 0 Å². The van der Waals surface area contributed by atoms with Gasteiger partial charge in [0.15, 0.2) is 0 Å². The maximum atomic E-state index is 3.72. The van der Waals surface area contributed by atoms with E-state index in [1.807, 2.05) is 54.6 Å². The molecule has 0 atom stereocenters. The number of rotatable bonds is 0. The minimum atomic E-state index is 0. The third-order valence-corrected chi connectivity index (χ3v) is 2.01. The van der Waals surface area contributed by atoms with Crippen LogP contribution in [0, 0.1) is 19.1 Å². The molecule has 0 unspecified atom stereocenters. The second kappa shape index (κ2) is 12.4. The molecule has 2 aliphatic carbocycles. The Morgan fingerprint density at radius 2 is 1.39 bits per heavy atom. The van der Waals surface area contributed by atoms with E-state index in [-0.39, 0.29) is 27.6 Å². The molecular formula is C17H18Zr. The largest absolute Gasteiger partial charge is 4.00 e. The van der Waals surface area contributed by atoms with E-state index < -0.39 is 0 Å². The van der Waals surface area contributed by atoms with Crippen LogP contribution in [-0.4, -0.2) is 0 Å². The van der Waals surface area contributed by atoms with E-state index in [0.29, 0.717) is 0 Å². The molecule has 18 heavy (non-hydrogen) atoms.